The maximum atomic E-state index is 12.4. The molecule has 0 unspecified atom stereocenters. The zero-order chi connectivity index (χ0) is 23.1. The van der Waals surface area contributed by atoms with Gasteiger partial charge in [0.05, 0.1) is 32.9 Å². The predicted octanol–water partition coefficient (Wildman–Crippen LogP) is 5.09. The second-order valence-corrected chi connectivity index (χ2v) is 8.59. The maximum absolute atomic E-state index is 12.4. The number of nitrogens with zero attached hydrogens (tertiary/aromatic N) is 3. The minimum Gasteiger partial charge on any atom is -0.345 e. The van der Waals surface area contributed by atoms with Crippen LogP contribution < -0.4 is 10.6 Å². The van der Waals surface area contributed by atoms with E-state index >= 15 is 0 Å². The molecule has 0 aliphatic heterocycles. The Bertz CT molecular complexity index is 1150. The Morgan fingerprint density at radius 3 is 2.56 bits per heavy atom. The third kappa shape index (κ3) is 6.26. The summed E-state index contributed by atoms with van der Waals surface area (Å²) in [6, 6.07) is 11.6. The Hall–Kier alpha value is -2.52. The lowest BCUT2D eigenvalue weighted by Gasteiger charge is -2.10. The first kappa shape index (κ1) is 24.1. The van der Waals surface area contributed by atoms with Crippen molar-refractivity contribution in [3.05, 3.63) is 81.6 Å². The summed E-state index contributed by atoms with van der Waals surface area (Å²) < 4.78 is 1.77. The molecule has 2 aromatic carbocycles. The normalized spacial score (nSPS) is 10.6. The monoisotopic (exact) mass is 509 g/mol. The van der Waals surface area contributed by atoms with Gasteiger partial charge in [-0.3, -0.25) is 9.59 Å². The number of carbonyl (C=O) groups is 2. The molecule has 3 aromatic rings. The van der Waals surface area contributed by atoms with E-state index in [4.69, 9.17) is 34.8 Å². The summed E-state index contributed by atoms with van der Waals surface area (Å²) in [5.74, 6) is 0.0633. The van der Waals surface area contributed by atoms with E-state index in [2.05, 4.69) is 27.4 Å². The zero-order valence-corrected chi connectivity index (χ0v) is 19.7. The number of hydrogen-bond acceptors (Lipinski definition) is 5. The lowest BCUT2D eigenvalue weighted by atomic mass is 10.2. The van der Waals surface area contributed by atoms with Gasteiger partial charge >= 0.3 is 0 Å². The first-order valence-electron chi connectivity index (χ1n) is 9.32. The summed E-state index contributed by atoms with van der Waals surface area (Å²) in [6.07, 6.45) is 1.68. The molecule has 32 heavy (non-hydrogen) atoms. The van der Waals surface area contributed by atoms with Gasteiger partial charge in [-0.05, 0) is 30.3 Å². The summed E-state index contributed by atoms with van der Waals surface area (Å²) >= 11 is 19.1. The number of amides is 2. The van der Waals surface area contributed by atoms with Gasteiger partial charge < -0.3 is 15.2 Å². The summed E-state index contributed by atoms with van der Waals surface area (Å²) in [4.78, 5) is 24.7. The molecule has 2 N–H and O–H groups in total. The summed E-state index contributed by atoms with van der Waals surface area (Å²) in [5, 5.41) is 15.5. The molecular formula is C21H18Cl3N5O2S. The highest BCUT2D eigenvalue weighted by molar-refractivity contribution is 7.99. The molecule has 0 atom stereocenters. The van der Waals surface area contributed by atoms with Gasteiger partial charge in [0.2, 0.25) is 5.91 Å². The quantitative estimate of drug-likeness (QED) is 0.309. The van der Waals surface area contributed by atoms with E-state index in [1.165, 1.54) is 11.8 Å². The number of benzene rings is 2. The van der Waals surface area contributed by atoms with Crippen molar-refractivity contribution in [3.63, 3.8) is 0 Å². The van der Waals surface area contributed by atoms with Crippen LogP contribution in [0.1, 0.15) is 16.2 Å². The fraction of sp³-hybridized carbons (Fsp3) is 0.143. The molecule has 0 radical (unpaired) electrons. The lowest BCUT2D eigenvalue weighted by Crippen LogP contribution is -2.25. The van der Waals surface area contributed by atoms with Crippen molar-refractivity contribution in [1.29, 1.82) is 0 Å². The standard InChI is InChI=1S/C21H18Cl3N5O2S/c1-2-9-29-18(11-25-20(31)14-5-3-4-6-15(14)22)27-28-21(29)32-12-19(30)26-13-7-8-16(23)17(24)10-13/h2-8,10H,1,9,11-12H2,(H,25,31)(H,26,30). The van der Waals surface area contributed by atoms with Gasteiger partial charge in [-0.2, -0.15) is 0 Å². The van der Waals surface area contributed by atoms with E-state index < -0.39 is 0 Å². The molecule has 0 bridgehead atoms. The van der Waals surface area contributed by atoms with Gasteiger partial charge in [0.15, 0.2) is 11.0 Å². The van der Waals surface area contributed by atoms with Crippen molar-refractivity contribution in [3.8, 4) is 0 Å². The van der Waals surface area contributed by atoms with E-state index in [0.29, 0.717) is 43.8 Å². The number of hydrogen-bond donors (Lipinski definition) is 2. The van der Waals surface area contributed by atoms with Gasteiger partial charge in [-0.25, -0.2) is 0 Å². The second-order valence-electron chi connectivity index (χ2n) is 6.43. The Balaban J connectivity index is 1.61. The van der Waals surface area contributed by atoms with Gasteiger partial charge in [0, 0.05) is 12.2 Å². The van der Waals surface area contributed by atoms with Gasteiger partial charge in [-0.1, -0.05) is 64.8 Å². The smallest absolute Gasteiger partial charge is 0.253 e. The Kier molecular flexibility index (Phi) is 8.58. The second kappa shape index (κ2) is 11.4. The first-order valence-corrected chi connectivity index (χ1v) is 11.4. The van der Waals surface area contributed by atoms with Crippen LogP contribution in [-0.2, 0) is 17.9 Å². The van der Waals surface area contributed by atoms with Crippen LogP contribution in [0.4, 0.5) is 5.69 Å². The van der Waals surface area contributed by atoms with E-state index in [9.17, 15) is 9.59 Å². The molecule has 0 saturated heterocycles. The van der Waals surface area contributed by atoms with Crippen molar-refractivity contribution in [2.24, 2.45) is 0 Å². The molecule has 0 aliphatic carbocycles. The van der Waals surface area contributed by atoms with E-state index in [1.54, 1.807) is 53.1 Å². The topological polar surface area (TPSA) is 88.9 Å². The number of carbonyl (C=O) groups excluding carboxylic acids is 2. The zero-order valence-electron chi connectivity index (χ0n) is 16.6. The number of rotatable bonds is 9. The van der Waals surface area contributed by atoms with Crippen LogP contribution >= 0.6 is 46.6 Å². The maximum Gasteiger partial charge on any atom is 0.253 e. The molecule has 166 valence electrons. The molecule has 2 amide bonds. The van der Waals surface area contributed by atoms with Crippen molar-refractivity contribution in [2.75, 3.05) is 11.1 Å². The minimum atomic E-state index is -0.320. The predicted molar refractivity (Wildman–Crippen MR) is 129 cm³/mol. The van der Waals surface area contributed by atoms with E-state index in [-0.39, 0.29) is 24.1 Å². The van der Waals surface area contributed by atoms with Gasteiger partial charge in [0.1, 0.15) is 0 Å². The molecule has 0 saturated carbocycles. The fourth-order valence-electron chi connectivity index (χ4n) is 2.67. The Morgan fingerprint density at radius 2 is 1.84 bits per heavy atom. The van der Waals surface area contributed by atoms with Gasteiger partial charge in [-0.15, -0.1) is 16.8 Å². The first-order chi connectivity index (χ1) is 15.4. The van der Waals surface area contributed by atoms with E-state index in [0.717, 1.165) is 0 Å². The van der Waals surface area contributed by atoms with Crippen LogP contribution in [0, 0.1) is 0 Å². The molecule has 11 heteroatoms. The SMILES string of the molecule is C=CCn1c(CNC(=O)c2ccccc2Cl)nnc1SCC(=O)Nc1ccc(Cl)c(Cl)c1. The minimum absolute atomic E-state index is 0.0987. The number of aromatic nitrogens is 3. The van der Waals surface area contributed by atoms with Gasteiger partial charge in [0.25, 0.3) is 5.91 Å². The number of thioether (sulfide) groups is 1. The molecular weight excluding hydrogens is 493 g/mol. The lowest BCUT2D eigenvalue weighted by molar-refractivity contribution is -0.113. The number of allylic oxidation sites excluding steroid dienone is 1. The van der Waals surface area contributed by atoms with Crippen LogP contribution in [0.15, 0.2) is 60.3 Å². The van der Waals surface area contributed by atoms with Crippen LogP contribution in [-0.4, -0.2) is 32.3 Å². The third-order valence-electron chi connectivity index (χ3n) is 4.17. The average molecular weight is 511 g/mol. The van der Waals surface area contributed by atoms with Crippen LogP contribution in [0.2, 0.25) is 15.1 Å². The van der Waals surface area contributed by atoms with Crippen LogP contribution in [0.25, 0.3) is 0 Å². The molecule has 7 nitrogen and oxygen atoms in total. The Labute approximate surface area is 204 Å². The highest BCUT2D eigenvalue weighted by Gasteiger charge is 2.16. The van der Waals surface area contributed by atoms with E-state index in [1.807, 2.05) is 0 Å². The number of anilines is 1. The highest BCUT2D eigenvalue weighted by atomic mass is 35.5. The summed E-state index contributed by atoms with van der Waals surface area (Å²) in [7, 11) is 0. The molecule has 3 rings (SSSR count). The summed E-state index contributed by atoms with van der Waals surface area (Å²) in [5.41, 5.74) is 0.915. The molecule has 1 aromatic heterocycles. The highest BCUT2D eigenvalue weighted by Crippen LogP contribution is 2.25. The largest absolute Gasteiger partial charge is 0.345 e. The summed E-state index contributed by atoms with van der Waals surface area (Å²) in [6.45, 7) is 4.30. The average Bonchev–Trinajstić information content (AvgIpc) is 3.15. The number of halogens is 3. The molecule has 1 heterocycles. The van der Waals surface area contributed by atoms with Crippen molar-refractivity contribution in [1.82, 2.24) is 20.1 Å². The van der Waals surface area contributed by atoms with Crippen LogP contribution in [0.5, 0.6) is 0 Å². The third-order valence-corrected chi connectivity index (χ3v) is 6.20. The number of nitrogens with one attached hydrogen (secondary N) is 2. The van der Waals surface area contributed by atoms with Crippen LogP contribution in [0.3, 0.4) is 0 Å². The van der Waals surface area contributed by atoms with Crippen molar-refractivity contribution < 1.29 is 9.59 Å². The van der Waals surface area contributed by atoms with Crippen molar-refractivity contribution in [2.45, 2.75) is 18.2 Å². The molecule has 0 aliphatic rings. The molecule has 0 spiro atoms. The van der Waals surface area contributed by atoms with Crippen molar-refractivity contribution >= 4 is 64.1 Å². The Morgan fingerprint density at radius 1 is 1.06 bits per heavy atom. The molecule has 0 fully saturated rings. The fourth-order valence-corrected chi connectivity index (χ4v) is 3.96.